The monoisotopic (exact) mass is 220 g/mol. The zero-order valence-electron chi connectivity index (χ0n) is 9.01. The molecule has 0 aliphatic rings. The Bertz CT molecular complexity index is 559. The van der Waals surface area contributed by atoms with Gasteiger partial charge in [0.1, 0.15) is 5.56 Å². The van der Waals surface area contributed by atoms with Crippen molar-refractivity contribution in [3.05, 3.63) is 23.7 Å². The molecular weight excluding hydrogens is 208 g/mol. The molecule has 84 valence electrons. The maximum atomic E-state index is 11.2. The minimum absolute atomic E-state index is 0.0222. The summed E-state index contributed by atoms with van der Waals surface area (Å²) in [6.45, 7) is 3.77. The van der Waals surface area contributed by atoms with E-state index in [0.717, 1.165) is 0 Å². The third-order valence-electron chi connectivity index (χ3n) is 2.28. The molecular formula is C10H12N4O2. The van der Waals surface area contributed by atoms with Crippen molar-refractivity contribution in [3.8, 4) is 0 Å². The molecule has 0 spiro atoms. The maximum absolute atomic E-state index is 11.2. The summed E-state index contributed by atoms with van der Waals surface area (Å²) in [5, 5.41) is 13.3. The van der Waals surface area contributed by atoms with Crippen LogP contribution in [0.25, 0.3) is 5.65 Å². The lowest BCUT2D eigenvalue weighted by Gasteiger charge is -1.99. The predicted molar refractivity (Wildman–Crippen MR) is 58.4 cm³/mol. The van der Waals surface area contributed by atoms with Gasteiger partial charge in [0.25, 0.3) is 0 Å². The maximum Gasteiger partial charge on any atom is 0.341 e. The van der Waals surface area contributed by atoms with Crippen molar-refractivity contribution in [2.45, 2.75) is 19.8 Å². The standard InChI is InChI=1S/C10H12N4O2/c1-5(2)8-7(10(15)16)9-12-3-6(11)4-14(9)13-8/h3-5H,11H2,1-2H3,(H,15,16). The van der Waals surface area contributed by atoms with Crippen LogP contribution in [0.5, 0.6) is 0 Å². The van der Waals surface area contributed by atoms with E-state index in [-0.39, 0.29) is 11.5 Å². The van der Waals surface area contributed by atoms with Gasteiger partial charge >= 0.3 is 5.97 Å². The van der Waals surface area contributed by atoms with Crippen LogP contribution in [-0.2, 0) is 0 Å². The molecule has 2 heterocycles. The van der Waals surface area contributed by atoms with Gasteiger partial charge < -0.3 is 10.8 Å². The molecule has 0 aliphatic carbocycles. The number of aromatic nitrogens is 3. The Hall–Kier alpha value is -2.11. The third-order valence-corrected chi connectivity index (χ3v) is 2.28. The van der Waals surface area contributed by atoms with Gasteiger partial charge in [-0.25, -0.2) is 14.3 Å². The molecule has 3 N–H and O–H groups in total. The fourth-order valence-corrected chi connectivity index (χ4v) is 1.58. The highest BCUT2D eigenvalue weighted by molar-refractivity contribution is 5.96. The number of nitrogen functional groups attached to an aromatic ring is 1. The number of carbonyl (C=O) groups is 1. The van der Waals surface area contributed by atoms with E-state index in [2.05, 4.69) is 10.1 Å². The van der Waals surface area contributed by atoms with Crippen LogP contribution in [0.15, 0.2) is 12.4 Å². The van der Waals surface area contributed by atoms with Crippen LogP contribution >= 0.6 is 0 Å². The van der Waals surface area contributed by atoms with Crippen molar-refractivity contribution in [1.82, 2.24) is 14.6 Å². The highest BCUT2D eigenvalue weighted by Crippen LogP contribution is 2.21. The number of carboxylic acid groups (broad SMARTS) is 1. The van der Waals surface area contributed by atoms with Crippen molar-refractivity contribution < 1.29 is 9.90 Å². The number of hydrogen-bond donors (Lipinski definition) is 2. The van der Waals surface area contributed by atoms with E-state index in [9.17, 15) is 4.79 Å². The first-order valence-corrected chi connectivity index (χ1v) is 4.87. The lowest BCUT2D eigenvalue weighted by Crippen LogP contribution is -2.02. The van der Waals surface area contributed by atoms with E-state index in [1.807, 2.05) is 13.8 Å². The third kappa shape index (κ3) is 1.48. The Balaban J connectivity index is 2.81. The van der Waals surface area contributed by atoms with E-state index in [1.54, 1.807) is 6.20 Å². The molecule has 0 aromatic carbocycles. The van der Waals surface area contributed by atoms with Crippen LogP contribution in [-0.4, -0.2) is 25.7 Å². The van der Waals surface area contributed by atoms with Crippen molar-refractivity contribution in [3.63, 3.8) is 0 Å². The first kappa shape index (κ1) is 10.4. The zero-order chi connectivity index (χ0) is 11.9. The van der Waals surface area contributed by atoms with Crippen LogP contribution < -0.4 is 5.73 Å². The van der Waals surface area contributed by atoms with Crippen molar-refractivity contribution in [2.24, 2.45) is 0 Å². The van der Waals surface area contributed by atoms with E-state index >= 15 is 0 Å². The van der Waals surface area contributed by atoms with Crippen LogP contribution in [0.2, 0.25) is 0 Å². The van der Waals surface area contributed by atoms with Crippen LogP contribution in [0.3, 0.4) is 0 Å². The topological polar surface area (TPSA) is 93.5 Å². The van der Waals surface area contributed by atoms with E-state index in [0.29, 0.717) is 17.0 Å². The minimum Gasteiger partial charge on any atom is -0.477 e. The molecule has 0 atom stereocenters. The van der Waals surface area contributed by atoms with Crippen molar-refractivity contribution in [1.29, 1.82) is 0 Å². The zero-order valence-corrected chi connectivity index (χ0v) is 9.01. The summed E-state index contributed by atoms with van der Waals surface area (Å²) in [6.07, 6.45) is 2.98. The van der Waals surface area contributed by atoms with Gasteiger partial charge in [-0.05, 0) is 5.92 Å². The Labute approximate surface area is 91.7 Å². The first-order chi connectivity index (χ1) is 7.50. The SMILES string of the molecule is CC(C)c1nn2cc(N)cnc2c1C(=O)O. The van der Waals surface area contributed by atoms with Gasteiger partial charge in [0.15, 0.2) is 5.65 Å². The van der Waals surface area contributed by atoms with Gasteiger partial charge in [0.05, 0.1) is 23.8 Å². The molecule has 0 bridgehead atoms. The first-order valence-electron chi connectivity index (χ1n) is 4.87. The van der Waals surface area contributed by atoms with Crippen LogP contribution in [0, 0.1) is 0 Å². The summed E-state index contributed by atoms with van der Waals surface area (Å²) in [7, 11) is 0. The second-order valence-corrected chi connectivity index (χ2v) is 3.88. The molecule has 0 fully saturated rings. The van der Waals surface area contributed by atoms with Gasteiger partial charge in [-0.1, -0.05) is 13.8 Å². The van der Waals surface area contributed by atoms with Crippen LogP contribution in [0.1, 0.15) is 35.8 Å². The van der Waals surface area contributed by atoms with Crippen molar-refractivity contribution in [2.75, 3.05) is 5.73 Å². The second kappa shape index (κ2) is 3.48. The molecule has 0 aliphatic heterocycles. The Morgan fingerprint density at radius 1 is 1.56 bits per heavy atom. The number of carboxylic acids is 1. The highest BCUT2D eigenvalue weighted by atomic mass is 16.4. The summed E-state index contributed by atoms with van der Waals surface area (Å²) < 4.78 is 1.41. The Morgan fingerprint density at radius 3 is 2.81 bits per heavy atom. The molecule has 0 radical (unpaired) electrons. The molecule has 2 rings (SSSR count). The molecule has 0 amide bonds. The van der Waals surface area contributed by atoms with Gasteiger partial charge in [-0.15, -0.1) is 0 Å². The molecule has 0 saturated heterocycles. The summed E-state index contributed by atoms with van der Waals surface area (Å²) in [5.74, 6) is -0.995. The molecule has 6 heteroatoms. The molecule has 2 aromatic rings. The largest absolute Gasteiger partial charge is 0.477 e. The average Bonchev–Trinajstić information content (AvgIpc) is 2.55. The molecule has 0 unspecified atom stereocenters. The average molecular weight is 220 g/mol. The molecule has 6 nitrogen and oxygen atoms in total. The van der Waals surface area contributed by atoms with E-state index in [4.69, 9.17) is 10.8 Å². The quantitative estimate of drug-likeness (QED) is 0.791. The normalized spacial score (nSPS) is 11.2. The Morgan fingerprint density at radius 2 is 2.25 bits per heavy atom. The number of rotatable bonds is 2. The lowest BCUT2D eigenvalue weighted by molar-refractivity contribution is 0.0697. The van der Waals surface area contributed by atoms with Gasteiger partial charge in [-0.3, -0.25) is 0 Å². The Kier molecular flexibility index (Phi) is 2.26. The highest BCUT2D eigenvalue weighted by Gasteiger charge is 2.22. The molecule has 2 aromatic heterocycles. The van der Waals surface area contributed by atoms with E-state index in [1.165, 1.54) is 10.7 Å². The lowest BCUT2D eigenvalue weighted by atomic mass is 10.1. The molecule has 0 saturated carbocycles. The van der Waals surface area contributed by atoms with Gasteiger partial charge in [0, 0.05) is 0 Å². The summed E-state index contributed by atoms with van der Waals surface area (Å²) in [5.41, 5.74) is 7.00. The number of anilines is 1. The fraction of sp³-hybridized carbons (Fsp3) is 0.300. The summed E-state index contributed by atoms with van der Waals surface area (Å²) >= 11 is 0. The predicted octanol–water partition coefficient (Wildman–Crippen LogP) is 1.13. The smallest absolute Gasteiger partial charge is 0.341 e. The number of fused-ring (bicyclic) bond motifs is 1. The summed E-state index contributed by atoms with van der Waals surface area (Å²) in [4.78, 5) is 15.2. The van der Waals surface area contributed by atoms with E-state index < -0.39 is 5.97 Å². The fourth-order valence-electron chi connectivity index (χ4n) is 1.58. The number of hydrogen-bond acceptors (Lipinski definition) is 4. The van der Waals surface area contributed by atoms with Gasteiger partial charge in [-0.2, -0.15) is 5.10 Å². The number of nitrogens with zero attached hydrogens (tertiary/aromatic N) is 3. The van der Waals surface area contributed by atoms with Crippen molar-refractivity contribution >= 4 is 17.3 Å². The number of aromatic carboxylic acids is 1. The molecule has 16 heavy (non-hydrogen) atoms. The van der Waals surface area contributed by atoms with Crippen LogP contribution in [0.4, 0.5) is 5.69 Å². The number of nitrogens with two attached hydrogens (primary N) is 1. The minimum atomic E-state index is -1.02. The van der Waals surface area contributed by atoms with Gasteiger partial charge in [0.2, 0.25) is 0 Å². The second-order valence-electron chi connectivity index (χ2n) is 3.88. The summed E-state index contributed by atoms with van der Waals surface area (Å²) in [6, 6.07) is 0.